The molecule has 15 nitrogen and oxygen atoms in total. The fraction of sp³-hybridized carbons (Fsp3) is 0.513. The summed E-state index contributed by atoms with van der Waals surface area (Å²) in [7, 11) is -4.48. The zero-order valence-electron chi connectivity index (χ0n) is 32.6. The van der Waals surface area contributed by atoms with Gasteiger partial charge in [-0.1, -0.05) is 90.8 Å². The zero-order valence-corrected chi connectivity index (χ0v) is 33.5. The number of aromatic nitrogens is 3. The molecule has 1 aliphatic heterocycles. The highest BCUT2D eigenvalue weighted by molar-refractivity contribution is 7.52. The van der Waals surface area contributed by atoms with Crippen molar-refractivity contribution in [3.8, 4) is 5.75 Å². The van der Waals surface area contributed by atoms with Crippen molar-refractivity contribution in [2.24, 2.45) is 17.8 Å². The number of ether oxygens (including phenoxy) is 4. The maximum atomic E-state index is 14.9. The number of nitrogens with one attached hydrogen (secondary N) is 1. The fourth-order valence-corrected chi connectivity index (χ4v) is 7.80. The van der Waals surface area contributed by atoms with E-state index in [-0.39, 0.29) is 24.1 Å². The smallest absolute Gasteiger partial charge is 0.459 e. The minimum atomic E-state index is -4.48. The Hall–Kier alpha value is -4.56. The van der Waals surface area contributed by atoms with E-state index in [0.29, 0.717) is 16.6 Å². The van der Waals surface area contributed by atoms with Crippen LogP contribution < -0.4 is 15.3 Å². The van der Waals surface area contributed by atoms with Gasteiger partial charge in [0.05, 0.1) is 30.7 Å². The van der Waals surface area contributed by atoms with Crippen LogP contribution in [0.2, 0.25) is 0 Å². The molecule has 0 radical (unpaired) electrons. The lowest BCUT2D eigenvalue weighted by Gasteiger charge is -2.31. The predicted molar refractivity (Wildman–Crippen MR) is 205 cm³/mol. The fourth-order valence-electron chi connectivity index (χ4n) is 6.27. The molecule has 55 heavy (non-hydrogen) atoms. The molecule has 3 heterocycles. The molecule has 0 saturated carbocycles. The van der Waals surface area contributed by atoms with E-state index in [1.807, 2.05) is 38.1 Å². The number of fused-ring (bicyclic) bond motifs is 2. The van der Waals surface area contributed by atoms with Crippen LogP contribution in [0.15, 0.2) is 60.9 Å². The quantitative estimate of drug-likeness (QED) is 0.0682. The van der Waals surface area contributed by atoms with Gasteiger partial charge < -0.3 is 29.2 Å². The van der Waals surface area contributed by atoms with E-state index in [9.17, 15) is 18.9 Å². The van der Waals surface area contributed by atoms with Gasteiger partial charge in [-0.05, 0) is 43.4 Å². The molecule has 0 bridgehead atoms. The minimum Gasteiger partial charge on any atom is -0.464 e. The Labute approximate surface area is 321 Å². The van der Waals surface area contributed by atoms with E-state index < -0.39 is 74.1 Å². The Morgan fingerprint density at radius 2 is 1.62 bits per heavy atom. The number of anilines is 1. The molecule has 1 saturated heterocycles. The topological polar surface area (TPSA) is 192 Å². The maximum absolute atomic E-state index is 14.9. The summed E-state index contributed by atoms with van der Waals surface area (Å²) in [5.74, 6) is -2.33. The summed E-state index contributed by atoms with van der Waals surface area (Å²) in [6.45, 7) is 13.6. The first-order chi connectivity index (χ1) is 26.1. The number of carbonyl (C=O) groups excluding carboxylic acids is 3. The van der Waals surface area contributed by atoms with E-state index in [4.69, 9.17) is 33.7 Å². The van der Waals surface area contributed by atoms with Crippen LogP contribution in [0.1, 0.15) is 73.9 Å². The van der Waals surface area contributed by atoms with Gasteiger partial charge in [0.15, 0.2) is 18.0 Å². The zero-order chi connectivity index (χ0) is 40.1. The number of nitrogen functional groups attached to an aromatic ring is 1. The Balaban J connectivity index is 1.53. The number of esters is 3. The average Bonchev–Trinajstić information content (AvgIpc) is 3.71. The molecule has 3 N–H and O–H groups in total. The van der Waals surface area contributed by atoms with Gasteiger partial charge in [-0.3, -0.25) is 18.9 Å². The molecule has 2 aromatic carbocycles. The molecule has 2 aromatic heterocycles. The SMILES string of the molecule is CCC(CC)COC(=O)[C@H](C)NP(=O)(OC[C@H]1O[C@@](C)(c2ccc3c(N)ncnn23)[C@H](OC(=O)C(C)C)[C@@H]1OC(=O)C(C)C)Oc1cccc2ccccc12. The number of nitrogens with two attached hydrogens (primary N) is 1. The van der Waals surface area contributed by atoms with Gasteiger partial charge in [0.2, 0.25) is 0 Å². The number of hydrogen-bond acceptors (Lipinski definition) is 13. The maximum Gasteiger partial charge on any atom is 0.459 e. The monoisotopic (exact) mass is 781 g/mol. The summed E-state index contributed by atoms with van der Waals surface area (Å²) >= 11 is 0. The van der Waals surface area contributed by atoms with Crippen molar-refractivity contribution in [1.82, 2.24) is 19.7 Å². The number of rotatable bonds is 17. The third kappa shape index (κ3) is 9.29. The molecule has 1 fully saturated rings. The van der Waals surface area contributed by atoms with Gasteiger partial charge in [0.1, 0.15) is 35.3 Å². The standard InChI is InChI=1S/C39H52N5O10P/c1-9-26(10-2)20-49-38(47)25(7)43-55(48,54-30-17-13-15-27-14-11-12-16-28(27)30)50-21-31-33(51-36(45)23(3)4)34(52-37(46)24(5)6)39(8,53-31)32-19-18-29-35(40)41-22-42-44(29)32/h11-19,22-26,31,33-34H,9-10,20-21H2,1-8H3,(H,43,48)(H2,40,41,42)/t25-,31+,33+,34+,39-,55?/m0/s1. The van der Waals surface area contributed by atoms with Gasteiger partial charge in [0, 0.05) is 5.39 Å². The largest absolute Gasteiger partial charge is 0.464 e. The molecule has 6 atom stereocenters. The molecule has 298 valence electrons. The third-order valence-electron chi connectivity index (χ3n) is 9.73. The van der Waals surface area contributed by atoms with Crippen molar-refractivity contribution in [3.63, 3.8) is 0 Å². The number of nitrogens with zero attached hydrogens (tertiary/aromatic N) is 3. The molecule has 16 heteroatoms. The van der Waals surface area contributed by atoms with E-state index in [2.05, 4.69) is 15.2 Å². The van der Waals surface area contributed by atoms with Gasteiger partial charge in [0.25, 0.3) is 0 Å². The molecular weight excluding hydrogens is 729 g/mol. The molecule has 0 spiro atoms. The van der Waals surface area contributed by atoms with E-state index in [1.165, 1.54) is 17.8 Å². The first-order valence-corrected chi connectivity index (χ1v) is 20.2. The normalized spacial score (nSPS) is 21.5. The molecular formula is C39H52N5O10P. The Kier molecular flexibility index (Phi) is 13.2. The van der Waals surface area contributed by atoms with E-state index in [1.54, 1.807) is 65.0 Å². The highest BCUT2D eigenvalue weighted by Gasteiger charge is 2.59. The summed E-state index contributed by atoms with van der Waals surface area (Å²) < 4.78 is 53.1. The summed E-state index contributed by atoms with van der Waals surface area (Å²) in [6.07, 6.45) is -0.760. The van der Waals surface area contributed by atoms with E-state index in [0.717, 1.165) is 18.2 Å². The Morgan fingerprint density at radius 3 is 2.31 bits per heavy atom. The number of carbonyl (C=O) groups is 3. The molecule has 1 aliphatic rings. The molecule has 4 aromatic rings. The van der Waals surface area contributed by atoms with Crippen LogP contribution in [-0.4, -0.2) is 70.1 Å². The molecule has 0 amide bonds. The first kappa shape index (κ1) is 41.6. The van der Waals surface area contributed by atoms with Crippen LogP contribution in [0.3, 0.4) is 0 Å². The second-order valence-corrected chi connectivity index (χ2v) is 16.2. The second-order valence-electron chi connectivity index (χ2n) is 14.5. The van der Waals surface area contributed by atoms with Crippen molar-refractivity contribution in [2.75, 3.05) is 18.9 Å². The van der Waals surface area contributed by atoms with Crippen LogP contribution in [0.4, 0.5) is 5.82 Å². The lowest BCUT2D eigenvalue weighted by molar-refractivity contribution is -0.175. The van der Waals surface area contributed by atoms with Crippen LogP contribution in [-0.2, 0) is 48.0 Å². The van der Waals surface area contributed by atoms with Gasteiger partial charge >= 0.3 is 25.7 Å². The predicted octanol–water partition coefficient (Wildman–Crippen LogP) is 6.38. The van der Waals surface area contributed by atoms with Crippen LogP contribution in [0, 0.1) is 17.8 Å². The molecule has 1 unspecified atom stereocenters. The summed E-state index contributed by atoms with van der Waals surface area (Å²) in [6, 6.07) is 14.9. The van der Waals surface area contributed by atoms with Crippen molar-refractivity contribution in [2.45, 2.75) is 98.2 Å². The Morgan fingerprint density at radius 1 is 0.945 bits per heavy atom. The van der Waals surface area contributed by atoms with Gasteiger partial charge in [-0.2, -0.15) is 10.2 Å². The highest BCUT2D eigenvalue weighted by Crippen LogP contribution is 2.49. The summed E-state index contributed by atoms with van der Waals surface area (Å²) in [5, 5.41) is 8.59. The Bertz CT molecular complexity index is 2030. The second kappa shape index (κ2) is 17.5. The van der Waals surface area contributed by atoms with Crippen LogP contribution in [0.5, 0.6) is 5.75 Å². The number of benzene rings is 2. The van der Waals surface area contributed by atoms with Crippen LogP contribution in [0.25, 0.3) is 16.3 Å². The van der Waals surface area contributed by atoms with Crippen molar-refractivity contribution < 1.29 is 46.9 Å². The van der Waals surface area contributed by atoms with Gasteiger partial charge in [-0.25, -0.2) is 14.1 Å². The molecule has 0 aliphatic carbocycles. The first-order valence-electron chi connectivity index (χ1n) is 18.6. The minimum absolute atomic E-state index is 0.170. The van der Waals surface area contributed by atoms with Crippen molar-refractivity contribution in [1.29, 1.82) is 0 Å². The summed E-state index contributed by atoms with van der Waals surface area (Å²) in [4.78, 5) is 43.8. The highest BCUT2D eigenvalue weighted by atomic mass is 31.2. The van der Waals surface area contributed by atoms with Crippen molar-refractivity contribution >= 4 is 47.8 Å². The average molecular weight is 782 g/mol. The third-order valence-corrected chi connectivity index (χ3v) is 11.4. The summed E-state index contributed by atoms with van der Waals surface area (Å²) in [5.41, 5.74) is 5.51. The number of hydrogen-bond donors (Lipinski definition) is 2. The van der Waals surface area contributed by atoms with Gasteiger partial charge in [-0.15, -0.1) is 0 Å². The van der Waals surface area contributed by atoms with Crippen LogP contribution >= 0.6 is 7.75 Å². The lowest BCUT2D eigenvalue weighted by atomic mass is 9.92. The van der Waals surface area contributed by atoms with E-state index >= 15 is 0 Å². The molecule has 5 rings (SSSR count). The van der Waals surface area contributed by atoms with Crippen molar-refractivity contribution in [3.05, 3.63) is 66.6 Å². The lowest BCUT2D eigenvalue weighted by Crippen LogP contribution is -2.46.